The Hall–Kier alpha value is -0.610. The highest BCUT2D eigenvalue weighted by Gasteiger charge is 2.43. The average Bonchev–Trinajstić information content (AvgIpc) is 3.14. The quantitative estimate of drug-likeness (QED) is 0.673. The summed E-state index contributed by atoms with van der Waals surface area (Å²) < 4.78 is 10.4. The Morgan fingerprint density at radius 1 is 1.56 bits per heavy atom. The molecule has 2 atom stereocenters. The molecule has 0 N–H and O–H groups in total. The zero-order chi connectivity index (χ0) is 11.5. The van der Waals surface area contributed by atoms with Crippen molar-refractivity contribution in [1.82, 2.24) is 4.90 Å². The average molecular weight is 227 g/mol. The van der Waals surface area contributed by atoms with Crippen LogP contribution in [0.4, 0.5) is 0 Å². The molecule has 16 heavy (non-hydrogen) atoms. The molecule has 1 aliphatic carbocycles. The molecule has 0 bridgehead atoms. The molecule has 4 nitrogen and oxygen atoms in total. The minimum atomic E-state index is -0.0668. The summed E-state index contributed by atoms with van der Waals surface area (Å²) in [4.78, 5) is 14.1. The lowest BCUT2D eigenvalue weighted by molar-refractivity contribution is -0.152. The number of nitrogens with zero attached hydrogens (tertiary/aromatic N) is 1. The molecule has 1 aliphatic heterocycles. The van der Waals surface area contributed by atoms with E-state index >= 15 is 0 Å². The normalized spacial score (nSPS) is 28.8. The minimum Gasteiger partial charge on any atom is -0.468 e. The van der Waals surface area contributed by atoms with Gasteiger partial charge in [-0.05, 0) is 25.2 Å². The molecule has 0 spiro atoms. The Balaban J connectivity index is 2.07. The first-order valence-electron chi connectivity index (χ1n) is 6.19. The van der Waals surface area contributed by atoms with Crippen molar-refractivity contribution in [2.75, 3.05) is 26.9 Å². The standard InChI is InChI=1S/C12H21NO3/c1-3-10-8-16-7-6-13(10)11(9-4-5-9)12(14)15-2/h9-11H,3-8H2,1-2H3. The fourth-order valence-corrected chi connectivity index (χ4v) is 2.52. The first-order chi connectivity index (χ1) is 7.77. The molecule has 1 heterocycles. The number of morpholine rings is 1. The largest absolute Gasteiger partial charge is 0.468 e. The molecular formula is C12H21NO3. The zero-order valence-electron chi connectivity index (χ0n) is 10.1. The van der Waals surface area contributed by atoms with Crippen LogP contribution < -0.4 is 0 Å². The summed E-state index contributed by atoms with van der Waals surface area (Å²) in [6, 6.07) is 0.345. The van der Waals surface area contributed by atoms with E-state index in [2.05, 4.69) is 11.8 Å². The summed E-state index contributed by atoms with van der Waals surface area (Å²) in [5.74, 6) is 0.447. The predicted octanol–water partition coefficient (Wildman–Crippen LogP) is 1.05. The van der Waals surface area contributed by atoms with Gasteiger partial charge in [0.25, 0.3) is 0 Å². The number of rotatable bonds is 4. The molecule has 92 valence electrons. The summed E-state index contributed by atoms with van der Waals surface area (Å²) in [5.41, 5.74) is 0. The van der Waals surface area contributed by atoms with Gasteiger partial charge in [-0.15, -0.1) is 0 Å². The van der Waals surface area contributed by atoms with Crippen LogP contribution in [0.5, 0.6) is 0 Å². The first-order valence-corrected chi connectivity index (χ1v) is 6.19. The van der Waals surface area contributed by atoms with Crippen LogP contribution in [0.2, 0.25) is 0 Å². The summed E-state index contributed by atoms with van der Waals surface area (Å²) in [6.07, 6.45) is 3.35. The number of hydrogen-bond donors (Lipinski definition) is 0. The molecule has 1 saturated heterocycles. The van der Waals surface area contributed by atoms with Gasteiger partial charge in [0.2, 0.25) is 0 Å². The van der Waals surface area contributed by atoms with Gasteiger partial charge < -0.3 is 9.47 Å². The van der Waals surface area contributed by atoms with E-state index < -0.39 is 0 Å². The van der Waals surface area contributed by atoms with Gasteiger partial charge in [-0.3, -0.25) is 9.69 Å². The third-order valence-electron chi connectivity index (χ3n) is 3.61. The Kier molecular flexibility index (Phi) is 3.82. The Morgan fingerprint density at radius 3 is 2.88 bits per heavy atom. The smallest absolute Gasteiger partial charge is 0.323 e. The summed E-state index contributed by atoms with van der Waals surface area (Å²) in [6.45, 7) is 4.48. The molecule has 0 aromatic heterocycles. The maximum Gasteiger partial charge on any atom is 0.323 e. The summed E-state index contributed by atoms with van der Waals surface area (Å²) >= 11 is 0. The van der Waals surface area contributed by atoms with E-state index in [1.54, 1.807) is 0 Å². The molecule has 1 saturated carbocycles. The number of hydrogen-bond acceptors (Lipinski definition) is 4. The van der Waals surface area contributed by atoms with Crippen LogP contribution in [0, 0.1) is 5.92 Å². The first kappa shape index (κ1) is 11.9. The van der Waals surface area contributed by atoms with Gasteiger partial charge in [-0.2, -0.15) is 0 Å². The molecule has 4 heteroatoms. The van der Waals surface area contributed by atoms with Crippen LogP contribution in [0.25, 0.3) is 0 Å². The van der Waals surface area contributed by atoms with Gasteiger partial charge in [0.1, 0.15) is 6.04 Å². The van der Waals surface area contributed by atoms with Crippen LogP contribution in [0.1, 0.15) is 26.2 Å². The van der Waals surface area contributed by atoms with Crippen LogP contribution in [-0.2, 0) is 14.3 Å². The van der Waals surface area contributed by atoms with Gasteiger partial charge in [-0.25, -0.2) is 0 Å². The van der Waals surface area contributed by atoms with Crippen LogP contribution in [0.3, 0.4) is 0 Å². The lowest BCUT2D eigenvalue weighted by Crippen LogP contribution is -2.54. The molecule has 2 fully saturated rings. The fraction of sp³-hybridized carbons (Fsp3) is 0.917. The lowest BCUT2D eigenvalue weighted by atomic mass is 10.1. The predicted molar refractivity (Wildman–Crippen MR) is 60.1 cm³/mol. The second-order valence-corrected chi connectivity index (χ2v) is 4.68. The number of esters is 1. The van der Waals surface area contributed by atoms with Crippen molar-refractivity contribution >= 4 is 5.97 Å². The van der Waals surface area contributed by atoms with Gasteiger partial charge >= 0.3 is 5.97 Å². The van der Waals surface area contributed by atoms with Crippen molar-refractivity contribution in [3.63, 3.8) is 0 Å². The van der Waals surface area contributed by atoms with Crippen molar-refractivity contribution < 1.29 is 14.3 Å². The zero-order valence-corrected chi connectivity index (χ0v) is 10.1. The molecule has 0 radical (unpaired) electrons. The van der Waals surface area contributed by atoms with Gasteiger partial charge in [0.05, 0.1) is 20.3 Å². The van der Waals surface area contributed by atoms with Gasteiger partial charge in [0, 0.05) is 12.6 Å². The fourth-order valence-electron chi connectivity index (χ4n) is 2.52. The maximum atomic E-state index is 11.8. The molecule has 0 aromatic carbocycles. The minimum absolute atomic E-state index is 0.0288. The molecule has 0 amide bonds. The lowest BCUT2D eigenvalue weighted by Gasteiger charge is -2.39. The summed E-state index contributed by atoms with van der Waals surface area (Å²) in [7, 11) is 1.49. The number of methoxy groups -OCH3 is 1. The van der Waals surface area contributed by atoms with Crippen LogP contribution in [-0.4, -0.2) is 49.8 Å². The number of ether oxygens (including phenoxy) is 2. The number of carbonyl (C=O) groups is 1. The van der Waals surface area contributed by atoms with Crippen molar-refractivity contribution in [3.05, 3.63) is 0 Å². The Bertz CT molecular complexity index is 253. The van der Waals surface area contributed by atoms with Crippen molar-refractivity contribution in [2.45, 2.75) is 38.3 Å². The maximum absolute atomic E-state index is 11.8. The highest BCUT2D eigenvalue weighted by atomic mass is 16.5. The van der Waals surface area contributed by atoms with E-state index in [-0.39, 0.29) is 12.0 Å². The van der Waals surface area contributed by atoms with E-state index in [1.165, 1.54) is 7.11 Å². The van der Waals surface area contributed by atoms with E-state index in [4.69, 9.17) is 9.47 Å². The number of carbonyl (C=O) groups excluding carboxylic acids is 1. The van der Waals surface area contributed by atoms with Crippen LogP contribution >= 0.6 is 0 Å². The van der Waals surface area contributed by atoms with Gasteiger partial charge in [-0.1, -0.05) is 6.92 Å². The Morgan fingerprint density at radius 2 is 2.31 bits per heavy atom. The second kappa shape index (κ2) is 5.15. The van der Waals surface area contributed by atoms with E-state index in [1.807, 2.05) is 0 Å². The molecule has 2 unspecified atom stereocenters. The monoisotopic (exact) mass is 227 g/mol. The highest BCUT2D eigenvalue weighted by Crippen LogP contribution is 2.37. The molecular weight excluding hydrogens is 206 g/mol. The molecule has 2 aliphatic rings. The highest BCUT2D eigenvalue weighted by molar-refractivity contribution is 5.76. The molecule has 2 rings (SSSR count). The van der Waals surface area contributed by atoms with Crippen molar-refractivity contribution in [2.24, 2.45) is 5.92 Å². The SMILES string of the molecule is CCC1COCCN1C(C(=O)OC)C1CC1. The van der Waals surface area contributed by atoms with Crippen molar-refractivity contribution in [1.29, 1.82) is 0 Å². The summed E-state index contributed by atoms with van der Waals surface area (Å²) in [5, 5.41) is 0. The van der Waals surface area contributed by atoms with E-state index in [0.29, 0.717) is 12.0 Å². The third kappa shape index (κ3) is 2.38. The van der Waals surface area contributed by atoms with E-state index in [9.17, 15) is 4.79 Å². The van der Waals surface area contributed by atoms with Crippen LogP contribution in [0.15, 0.2) is 0 Å². The second-order valence-electron chi connectivity index (χ2n) is 4.68. The van der Waals surface area contributed by atoms with Gasteiger partial charge in [0.15, 0.2) is 0 Å². The van der Waals surface area contributed by atoms with E-state index in [0.717, 1.165) is 39.0 Å². The Labute approximate surface area is 96.9 Å². The third-order valence-corrected chi connectivity index (χ3v) is 3.61. The van der Waals surface area contributed by atoms with Crippen molar-refractivity contribution in [3.8, 4) is 0 Å². The topological polar surface area (TPSA) is 38.8 Å². The molecule has 0 aromatic rings.